The molecule has 0 radical (unpaired) electrons. The molecule has 3 saturated carbocycles. The van der Waals surface area contributed by atoms with Crippen LogP contribution in [0.5, 0.6) is 0 Å². The molecule has 1 saturated heterocycles. The lowest BCUT2D eigenvalue weighted by atomic mass is 9.77. The molecule has 4 rings (SSSR count). The van der Waals surface area contributed by atoms with Crippen LogP contribution in [-0.4, -0.2) is 35.7 Å². The summed E-state index contributed by atoms with van der Waals surface area (Å²) in [4.78, 5) is 12.7. The molecule has 3 aliphatic carbocycles. The van der Waals surface area contributed by atoms with Gasteiger partial charge in [0.05, 0.1) is 6.04 Å². The van der Waals surface area contributed by atoms with Crippen molar-refractivity contribution in [3.8, 4) is 0 Å². The van der Waals surface area contributed by atoms with E-state index in [0.29, 0.717) is 24.7 Å². The Hall–Kier alpha value is -0.680. The lowest BCUT2D eigenvalue weighted by Gasteiger charge is -2.34. The zero-order valence-corrected chi connectivity index (χ0v) is 14.8. The molecular weight excluding hydrogens is 305 g/mol. The molecule has 0 bridgehead atoms. The lowest BCUT2D eigenvalue weighted by molar-refractivity contribution is -0.124. The summed E-state index contributed by atoms with van der Waals surface area (Å²) in [5.41, 5.74) is 6.44. The molecule has 1 aliphatic heterocycles. The number of carbonyl (C=O) groups excluding carboxylic acids is 1. The molecular formula is C19H32FN3O. The van der Waals surface area contributed by atoms with Crippen LogP contribution in [0.3, 0.4) is 0 Å². The van der Waals surface area contributed by atoms with Gasteiger partial charge in [0.1, 0.15) is 6.17 Å². The monoisotopic (exact) mass is 337 g/mol. The number of nitrogens with two attached hydrogens (primary N) is 1. The van der Waals surface area contributed by atoms with Crippen LogP contribution in [0.4, 0.5) is 4.39 Å². The van der Waals surface area contributed by atoms with E-state index in [1.807, 2.05) is 0 Å². The van der Waals surface area contributed by atoms with Crippen LogP contribution in [0, 0.1) is 17.8 Å². The molecule has 7 atom stereocenters. The second-order valence-electron chi connectivity index (χ2n) is 9.02. The van der Waals surface area contributed by atoms with Crippen LogP contribution in [-0.2, 0) is 4.79 Å². The fraction of sp³-hybridized carbons (Fsp3) is 0.947. The van der Waals surface area contributed by atoms with Crippen LogP contribution >= 0.6 is 0 Å². The Balaban J connectivity index is 1.33. The summed E-state index contributed by atoms with van der Waals surface area (Å²) >= 11 is 0. The third kappa shape index (κ3) is 3.10. The van der Waals surface area contributed by atoms with Crippen LogP contribution in [0.15, 0.2) is 0 Å². The minimum Gasteiger partial charge on any atom is -0.352 e. The van der Waals surface area contributed by atoms with Gasteiger partial charge in [0.2, 0.25) is 5.91 Å². The largest absolute Gasteiger partial charge is 0.352 e. The van der Waals surface area contributed by atoms with Gasteiger partial charge in [-0.3, -0.25) is 4.79 Å². The average molecular weight is 337 g/mol. The third-order valence-electron chi connectivity index (χ3n) is 7.32. The van der Waals surface area contributed by atoms with Gasteiger partial charge < -0.3 is 16.4 Å². The number of amides is 1. The normalized spacial score (nSPS) is 47.0. The fourth-order valence-corrected chi connectivity index (χ4v) is 5.50. The maximum absolute atomic E-state index is 14.2. The Kier molecular flexibility index (Phi) is 4.36. The Morgan fingerprint density at radius 1 is 1.21 bits per heavy atom. The minimum absolute atomic E-state index is 0.0161. The van der Waals surface area contributed by atoms with Crippen molar-refractivity contribution < 1.29 is 9.18 Å². The van der Waals surface area contributed by atoms with E-state index in [2.05, 4.69) is 17.6 Å². The predicted molar refractivity (Wildman–Crippen MR) is 92.2 cm³/mol. The highest BCUT2D eigenvalue weighted by atomic mass is 19.1. The first kappa shape index (κ1) is 16.8. The van der Waals surface area contributed by atoms with Crippen molar-refractivity contribution in [2.45, 2.75) is 94.5 Å². The molecule has 0 aromatic rings. The van der Waals surface area contributed by atoms with Crippen molar-refractivity contribution in [2.75, 3.05) is 0 Å². The van der Waals surface area contributed by atoms with E-state index >= 15 is 0 Å². The van der Waals surface area contributed by atoms with E-state index in [1.165, 1.54) is 6.42 Å². The highest BCUT2D eigenvalue weighted by Gasteiger charge is 2.48. The Bertz CT molecular complexity index is 477. The average Bonchev–Trinajstić information content (AvgIpc) is 3.15. The number of fused-ring (bicyclic) bond motifs is 1. The molecule has 0 aromatic carbocycles. The van der Waals surface area contributed by atoms with Crippen LogP contribution in [0.2, 0.25) is 0 Å². The molecule has 136 valence electrons. The third-order valence-corrected chi connectivity index (χ3v) is 7.32. The number of hydrogen-bond donors (Lipinski definition) is 3. The van der Waals surface area contributed by atoms with Gasteiger partial charge in [0.25, 0.3) is 0 Å². The second-order valence-corrected chi connectivity index (χ2v) is 9.02. The van der Waals surface area contributed by atoms with Crippen molar-refractivity contribution >= 4 is 5.91 Å². The SMILES string of the molecule is CC1CCC(F)C2CC(C(=O)NC3CCCC(C4(N)CC4)C3)NC12. The van der Waals surface area contributed by atoms with Crippen molar-refractivity contribution in [1.82, 2.24) is 10.6 Å². The van der Waals surface area contributed by atoms with E-state index in [4.69, 9.17) is 5.73 Å². The van der Waals surface area contributed by atoms with Crippen LogP contribution in [0.1, 0.15) is 64.7 Å². The molecule has 4 fully saturated rings. The Morgan fingerprint density at radius 3 is 2.71 bits per heavy atom. The zero-order valence-electron chi connectivity index (χ0n) is 14.8. The molecule has 4 aliphatic rings. The second kappa shape index (κ2) is 6.24. The molecule has 5 heteroatoms. The molecule has 1 heterocycles. The minimum atomic E-state index is -0.748. The summed E-state index contributed by atoms with van der Waals surface area (Å²) < 4.78 is 14.2. The topological polar surface area (TPSA) is 67.2 Å². The quantitative estimate of drug-likeness (QED) is 0.740. The van der Waals surface area contributed by atoms with Crippen molar-refractivity contribution in [3.05, 3.63) is 0 Å². The highest BCUT2D eigenvalue weighted by Crippen LogP contribution is 2.46. The summed E-state index contributed by atoms with van der Waals surface area (Å²) in [7, 11) is 0. The summed E-state index contributed by atoms with van der Waals surface area (Å²) in [6.45, 7) is 2.18. The van der Waals surface area contributed by atoms with Crippen LogP contribution in [0.25, 0.3) is 0 Å². The van der Waals surface area contributed by atoms with E-state index in [0.717, 1.165) is 38.5 Å². The summed E-state index contributed by atoms with van der Waals surface area (Å²) in [5, 5.41) is 6.69. The summed E-state index contributed by atoms with van der Waals surface area (Å²) in [5.74, 6) is 1.12. The van der Waals surface area contributed by atoms with Gasteiger partial charge in [-0.25, -0.2) is 4.39 Å². The van der Waals surface area contributed by atoms with Crippen LogP contribution < -0.4 is 16.4 Å². The summed E-state index contributed by atoms with van der Waals surface area (Å²) in [6, 6.07) is 0.203. The first-order valence-electron chi connectivity index (χ1n) is 9.95. The molecule has 24 heavy (non-hydrogen) atoms. The van der Waals surface area contributed by atoms with Gasteiger partial charge in [0.15, 0.2) is 0 Å². The lowest BCUT2D eigenvalue weighted by Crippen LogP contribution is -2.50. The first-order chi connectivity index (χ1) is 11.5. The Morgan fingerprint density at radius 2 is 2.00 bits per heavy atom. The maximum atomic E-state index is 14.2. The van der Waals surface area contributed by atoms with Gasteiger partial charge in [-0.2, -0.15) is 0 Å². The molecule has 7 unspecified atom stereocenters. The van der Waals surface area contributed by atoms with Crippen molar-refractivity contribution in [2.24, 2.45) is 23.5 Å². The predicted octanol–water partition coefficient (Wildman–Crippen LogP) is 2.27. The smallest absolute Gasteiger partial charge is 0.237 e. The molecule has 4 nitrogen and oxygen atoms in total. The molecule has 0 spiro atoms. The zero-order chi connectivity index (χ0) is 16.9. The van der Waals surface area contributed by atoms with Gasteiger partial charge in [-0.15, -0.1) is 0 Å². The summed E-state index contributed by atoms with van der Waals surface area (Å²) in [6.07, 6.45) is 8.19. The van der Waals surface area contributed by atoms with E-state index in [-0.39, 0.29) is 35.5 Å². The van der Waals surface area contributed by atoms with Crippen molar-refractivity contribution in [1.29, 1.82) is 0 Å². The number of carbonyl (C=O) groups is 1. The molecule has 4 N–H and O–H groups in total. The number of rotatable bonds is 3. The highest BCUT2D eigenvalue weighted by molar-refractivity contribution is 5.82. The van der Waals surface area contributed by atoms with Crippen molar-refractivity contribution in [3.63, 3.8) is 0 Å². The van der Waals surface area contributed by atoms with Gasteiger partial charge in [-0.05, 0) is 63.2 Å². The van der Waals surface area contributed by atoms with Gasteiger partial charge in [-0.1, -0.05) is 13.3 Å². The first-order valence-corrected chi connectivity index (χ1v) is 9.95. The number of nitrogens with one attached hydrogen (secondary N) is 2. The molecule has 0 aromatic heterocycles. The maximum Gasteiger partial charge on any atom is 0.237 e. The molecule has 1 amide bonds. The number of alkyl halides is 1. The number of halogens is 1. The Labute approximate surface area is 144 Å². The standard InChI is InChI=1S/C19H32FN3O/c1-11-5-6-15(20)14-10-16(23-17(11)14)18(24)22-13-4-2-3-12(9-13)19(21)7-8-19/h11-17,23H,2-10,21H2,1H3,(H,22,24). The van der Waals surface area contributed by atoms with E-state index in [1.54, 1.807) is 0 Å². The fourth-order valence-electron chi connectivity index (χ4n) is 5.50. The van der Waals surface area contributed by atoms with Gasteiger partial charge >= 0.3 is 0 Å². The van der Waals surface area contributed by atoms with Gasteiger partial charge in [0, 0.05) is 23.5 Å². The number of hydrogen-bond acceptors (Lipinski definition) is 3. The van der Waals surface area contributed by atoms with E-state index < -0.39 is 6.17 Å². The van der Waals surface area contributed by atoms with E-state index in [9.17, 15) is 9.18 Å².